The number of carbonyl (C=O) groups is 1. The molecular formula is C15H29NO2. The molecule has 0 aromatic rings. The van der Waals surface area contributed by atoms with Crippen LogP contribution < -0.4 is 5.32 Å². The van der Waals surface area contributed by atoms with Crippen LogP contribution in [0.25, 0.3) is 0 Å². The van der Waals surface area contributed by atoms with Gasteiger partial charge < -0.3 is 10.4 Å². The van der Waals surface area contributed by atoms with Crippen LogP contribution in [0.3, 0.4) is 0 Å². The van der Waals surface area contributed by atoms with E-state index < -0.39 is 0 Å². The molecule has 0 spiro atoms. The molecular weight excluding hydrogens is 226 g/mol. The molecule has 106 valence electrons. The molecule has 0 aromatic carbocycles. The molecule has 0 bridgehead atoms. The van der Waals surface area contributed by atoms with Crippen LogP contribution in [0.15, 0.2) is 0 Å². The minimum Gasteiger partial charge on any atom is -0.396 e. The first-order valence-corrected chi connectivity index (χ1v) is 7.68. The van der Waals surface area contributed by atoms with Gasteiger partial charge in [-0.25, -0.2) is 0 Å². The Morgan fingerprint density at radius 1 is 1.17 bits per heavy atom. The third kappa shape index (κ3) is 5.85. The summed E-state index contributed by atoms with van der Waals surface area (Å²) in [6.45, 7) is 2.41. The first kappa shape index (κ1) is 15.5. The van der Waals surface area contributed by atoms with Crippen LogP contribution >= 0.6 is 0 Å². The average molecular weight is 255 g/mol. The van der Waals surface area contributed by atoms with Gasteiger partial charge in [0, 0.05) is 25.0 Å². The average Bonchev–Trinajstić information content (AvgIpc) is 2.39. The number of hydrogen-bond donors (Lipinski definition) is 2. The predicted molar refractivity (Wildman–Crippen MR) is 74.4 cm³/mol. The molecule has 0 radical (unpaired) electrons. The minimum atomic E-state index is 0.178. The number of unbranched alkanes of at least 4 members (excludes halogenated alkanes) is 4. The van der Waals surface area contributed by atoms with Crippen molar-refractivity contribution in [3.63, 3.8) is 0 Å². The number of aliphatic hydroxyl groups excluding tert-OH is 1. The number of nitrogens with one attached hydrogen (secondary N) is 1. The Hall–Kier alpha value is -0.570. The molecule has 1 aliphatic rings. The number of aliphatic hydroxyl groups is 1. The molecule has 1 aliphatic carbocycles. The zero-order valence-corrected chi connectivity index (χ0v) is 11.8. The second-order valence-corrected chi connectivity index (χ2v) is 5.57. The van der Waals surface area contributed by atoms with Crippen LogP contribution in [0.1, 0.15) is 71.1 Å². The van der Waals surface area contributed by atoms with Gasteiger partial charge in [-0.05, 0) is 19.3 Å². The van der Waals surface area contributed by atoms with Crippen molar-refractivity contribution in [1.82, 2.24) is 5.32 Å². The van der Waals surface area contributed by atoms with E-state index in [1.807, 2.05) is 0 Å². The summed E-state index contributed by atoms with van der Waals surface area (Å²) in [6.07, 6.45) is 11.0. The number of amides is 1. The summed E-state index contributed by atoms with van der Waals surface area (Å²) in [4.78, 5) is 11.8. The summed E-state index contributed by atoms with van der Waals surface area (Å²) in [7, 11) is 0. The molecule has 3 heteroatoms. The molecule has 0 heterocycles. The second kappa shape index (κ2) is 9.37. The Balaban J connectivity index is 2.14. The fourth-order valence-electron chi connectivity index (χ4n) is 2.78. The Morgan fingerprint density at radius 3 is 2.61 bits per heavy atom. The quantitative estimate of drug-likeness (QED) is 0.655. The normalized spacial score (nSPS) is 23.9. The van der Waals surface area contributed by atoms with Crippen LogP contribution in [0.2, 0.25) is 0 Å². The molecule has 18 heavy (non-hydrogen) atoms. The van der Waals surface area contributed by atoms with Crippen LogP contribution in [-0.4, -0.2) is 23.7 Å². The molecule has 2 atom stereocenters. The van der Waals surface area contributed by atoms with Gasteiger partial charge in [-0.2, -0.15) is 0 Å². The van der Waals surface area contributed by atoms with Crippen LogP contribution in [0, 0.1) is 5.92 Å². The summed E-state index contributed by atoms with van der Waals surface area (Å²) in [5.41, 5.74) is 0. The topological polar surface area (TPSA) is 49.3 Å². The molecule has 2 unspecified atom stereocenters. The molecule has 2 N–H and O–H groups in total. The maximum absolute atomic E-state index is 11.8. The van der Waals surface area contributed by atoms with E-state index in [-0.39, 0.29) is 24.5 Å². The Kier molecular flexibility index (Phi) is 8.06. The van der Waals surface area contributed by atoms with E-state index in [1.165, 1.54) is 32.1 Å². The van der Waals surface area contributed by atoms with Gasteiger partial charge in [0.15, 0.2) is 0 Å². The smallest absolute Gasteiger partial charge is 0.220 e. The van der Waals surface area contributed by atoms with Crippen LogP contribution in [0.4, 0.5) is 0 Å². The minimum absolute atomic E-state index is 0.178. The van der Waals surface area contributed by atoms with Gasteiger partial charge in [0.1, 0.15) is 0 Å². The Labute approximate surface area is 111 Å². The SMILES string of the molecule is CCCCCCCC(=O)NC1CCCCC1CO. The van der Waals surface area contributed by atoms with Crippen molar-refractivity contribution < 1.29 is 9.90 Å². The van der Waals surface area contributed by atoms with Gasteiger partial charge >= 0.3 is 0 Å². The fourth-order valence-corrected chi connectivity index (χ4v) is 2.78. The highest BCUT2D eigenvalue weighted by Crippen LogP contribution is 2.24. The maximum Gasteiger partial charge on any atom is 0.220 e. The molecule has 0 aromatic heterocycles. The van der Waals surface area contributed by atoms with E-state index in [9.17, 15) is 9.90 Å². The van der Waals surface area contributed by atoms with E-state index in [1.54, 1.807) is 0 Å². The molecule has 1 amide bonds. The predicted octanol–water partition coefficient (Wildman–Crippen LogP) is 3.01. The first-order valence-electron chi connectivity index (χ1n) is 7.68. The van der Waals surface area contributed by atoms with Crippen molar-refractivity contribution >= 4 is 5.91 Å². The molecule has 1 rings (SSSR count). The molecule has 0 saturated heterocycles. The third-order valence-corrected chi connectivity index (χ3v) is 4.00. The van der Waals surface area contributed by atoms with Crippen molar-refractivity contribution in [2.75, 3.05) is 6.61 Å². The number of carbonyl (C=O) groups excluding carboxylic acids is 1. The summed E-state index contributed by atoms with van der Waals surface area (Å²) in [6, 6.07) is 0.215. The second-order valence-electron chi connectivity index (χ2n) is 5.57. The highest BCUT2D eigenvalue weighted by molar-refractivity contribution is 5.76. The first-order chi connectivity index (χ1) is 8.77. The zero-order valence-electron chi connectivity index (χ0n) is 11.8. The van der Waals surface area contributed by atoms with E-state index in [2.05, 4.69) is 12.2 Å². The lowest BCUT2D eigenvalue weighted by atomic mass is 9.85. The lowest BCUT2D eigenvalue weighted by Gasteiger charge is -2.30. The van der Waals surface area contributed by atoms with Crippen molar-refractivity contribution in [3.8, 4) is 0 Å². The fraction of sp³-hybridized carbons (Fsp3) is 0.933. The summed E-state index contributed by atoms with van der Waals surface area (Å²) in [5.74, 6) is 0.458. The molecule has 0 aliphatic heterocycles. The van der Waals surface area contributed by atoms with Gasteiger partial charge in [-0.3, -0.25) is 4.79 Å². The molecule has 1 fully saturated rings. The monoisotopic (exact) mass is 255 g/mol. The van der Waals surface area contributed by atoms with Crippen molar-refractivity contribution in [3.05, 3.63) is 0 Å². The van der Waals surface area contributed by atoms with Gasteiger partial charge in [0.25, 0.3) is 0 Å². The maximum atomic E-state index is 11.8. The largest absolute Gasteiger partial charge is 0.396 e. The zero-order chi connectivity index (χ0) is 13.2. The molecule has 1 saturated carbocycles. The van der Waals surface area contributed by atoms with Crippen molar-refractivity contribution in [2.45, 2.75) is 77.2 Å². The summed E-state index contributed by atoms with van der Waals surface area (Å²) < 4.78 is 0. The Morgan fingerprint density at radius 2 is 1.89 bits per heavy atom. The lowest BCUT2D eigenvalue weighted by Crippen LogP contribution is -2.43. The van der Waals surface area contributed by atoms with Gasteiger partial charge in [0.2, 0.25) is 5.91 Å². The summed E-state index contributed by atoms with van der Waals surface area (Å²) >= 11 is 0. The third-order valence-electron chi connectivity index (χ3n) is 4.00. The lowest BCUT2D eigenvalue weighted by molar-refractivity contribution is -0.122. The van der Waals surface area contributed by atoms with Gasteiger partial charge in [-0.15, -0.1) is 0 Å². The number of rotatable bonds is 8. The summed E-state index contributed by atoms with van der Waals surface area (Å²) in [5, 5.41) is 12.4. The van der Waals surface area contributed by atoms with Crippen molar-refractivity contribution in [1.29, 1.82) is 0 Å². The van der Waals surface area contributed by atoms with Gasteiger partial charge in [0.05, 0.1) is 0 Å². The number of hydrogen-bond acceptors (Lipinski definition) is 2. The standard InChI is InChI=1S/C15H29NO2/c1-2-3-4-5-6-11-15(18)16-14-10-8-7-9-13(14)12-17/h13-14,17H,2-12H2,1H3,(H,16,18). The van der Waals surface area contributed by atoms with E-state index in [4.69, 9.17) is 0 Å². The van der Waals surface area contributed by atoms with E-state index >= 15 is 0 Å². The van der Waals surface area contributed by atoms with E-state index in [0.717, 1.165) is 25.7 Å². The van der Waals surface area contributed by atoms with Crippen LogP contribution in [-0.2, 0) is 4.79 Å². The van der Waals surface area contributed by atoms with Crippen molar-refractivity contribution in [2.24, 2.45) is 5.92 Å². The highest BCUT2D eigenvalue weighted by atomic mass is 16.3. The van der Waals surface area contributed by atoms with E-state index in [0.29, 0.717) is 6.42 Å². The van der Waals surface area contributed by atoms with Gasteiger partial charge in [-0.1, -0.05) is 45.4 Å². The Bertz CT molecular complexity index is 231. The van der Waals surface area contributed by atoms with Crippen LogP contribution in [0.5, 0.6) is 0 Å². The molecule has 3 nitrogen and oxygen atoms in total. The highest BCUT2D eigenvalue weighted by Gasteiger charge is 2.25.